The van der Waals surface area contributed by atoms with Gasteiger partial charge in [-0.3, -0.25) is 19.2 Å². The highest BCUT2D eigenvalue weighted by atomic mass is 32.1. The van der Waals surface area contributed by atoms with Gasteiger partial charge in [0.1, 0.15) is 23.7 Å². The molecule has 240 valence electrons. The van der Waals surface area contributed by atoms with Crippen LogP contribution in [0.2, 0.25) is 0 Å². The summed E-state index contributed by atoms with van der Waals surface area (Å²) < 4.78 is 17.6. The van der Waals surface area contributed by atoms with E-state index in [0.29, 0.717) is 16.4 Å². The molecule has 5 rings (SSSR count). The van der Waals surface area contributed by atoms with Crippen LogP contribution in [0.3, 0.4) is 0 Å². The van der Waals surface area contributed by atoms with Crippen LogP contribution in [-0.2, 0) is 25.7 Å². The van der Waals surface area contributed by atoms with Gasteiger partial charge in [-0.1, -0.05) is 30.3 Å². The molecule has 0 unspecified atom stereocenters. The number of thiophene rings is 2. The number of fused-ring (bicyclic) bond motifs is 2. The summed E-state index contributed by atoms with van der Waals surface area (Å²) in [5.41, 5.74) is 0.569. The van der Waals surface area contributed by atoms with Gasteiger partial charge in [-0.15, -0.1) is 22.7 Å². The number of hydrogen-bond donors (Lipinski definition) is 1. The maximum absolute atomic E-state index is 12.5. The van der Waals surface area contributed by atoms with Gasteiger partial charge >= 0.3 is 11.9 Å². The fourth-order valence-corrected chi connectivity index (χ4v) is 6.35. The molecule has 0 saturated carbocycles. The monoisotopic (exact) mass is 660 g/mol. The largest absolute Gasteiger partial charge is 0.508 e. The zero-order valence-corrected chi connectivity index (χ0v) is 27.8. The molecule has 5 aromatic rings. The number of methoxy groups -OCH3 is 1. The quantitative estimate of drug-likeness (QED) is 0.111. The average Bonchev–Trinajstić information content (AvgIpc) is 3.65. The molecule has 0 atom stereocenters. The van der Waals surface area contributed by atoms with E-state index >= 15 is 0 Å². The molecule has 1 N–H and O–H groups in total. The van der Waals surface area contributed by atoms with Crippen LogP contribution in [0.4, 0.5) is 0 Å². The molecule has 0 aliphatic heterocycles. The Balaban J connectivity index is 0.000000230. The Hall–Kier alpha value is -4.54. The van der Waals surface area contributed by atoms with Gasteiger partial charge in [0.15, 0.2) is 11.6 Å². The topological polar surface area (TPSA) is 116 Å². The van der Waals surface area contributed by atoms with Gasteiger partial charge in [0.2, 0.25) is 0 Å². The average molecular weight is 661 g/mol. The Morgan fingerprint density at radius 3 is 1.85 bits per heavy atom. The molecule has 0 spiro atoms. The minimum Gasteiger partial charge on any atom is -0.508 e. The number of carbonyl (C=O) groups is 4. The van der Waals surface area contributed by atoms with E-state index in [2.05, 4.69) is 4.74 Å². The summed E-state index contributed by atoms with van der Waals surface area (Å²) in [6.45, 7) is 5.95. The van der Waals surface area contributed by atoms with E-state index in [1.165, 1.54) is 29.8 Å². The van der Waals surface area contributed by atoms with Crippen LogP contribution in [0.1, 0.15) is 71.4 Å². The summed E-state index contributed by atoms with van der Waals surface area (Å²) in [6.07, 6.45) is 0.481. The number of hydrogen-bond acceptors (Lipinski definition) is 10. The third-order valence-electron chi connectivity index (χ3n) is 6.55. The fourth-order valence-electron chi connectivity index (χ4n) is 4.33. The first-order valence-corrected chi connectivity index (χ1v) is 16.3. The van der Waals surface area contributed by atoms with Crippen molar-refractivity contribution in [1.29, 1.82) is 0 Å². The summed E-state index contributed by atoms with van der Waals surface area (Å²) in [5.74, 6) is 0.0799. The van der Waals surface area contributed by atoms with E-state index in [-0.39, 0.29) is 54.9 Å². The molecule has 0 bridgehead atoms. The number of Topliss-reactive ketones (excluding diaryl/α,β-unsaturated/α-hetero) is 2. The van der Waals surface area contributed by atoms with E-state index in [4.69, 9.17) is 9.47 Å². The van der Waals surface area contributed by atoms with Gasteiger partial charge in [-0.25, -0.2) is 0 Å². The Labute approximate surface area is 275 Å². The third-order valence-corrected chi connectivity index (χ3v) is 8.86. The molecule has 46 heavy (non-hydrogen) atoms. The van der Waals surface area contributed by atoms with Crippen LogP contribution in [0.25, 0.3) is 20.2 Å². The van der Waals surface area contributed by atoms with E-state index in [9.17, 15) is 24.3 Å². The number of ether oxygens (including phenoxy) is 3. The lowest BCUT2D eigenvalue weighted by Crippen LogP contribution is -2.24. The molecule has 0 aliphatic carbocycles. The standard InChI is InChI=1S/C23H24O4S.C13H12O4S/c1-23(2,3)27-22(25)12-10-19(24)21-14-17-13-18(9-11-20(17)28-21)26-15-16-7-5-4-6-8-16;1-17-13(16)5-3-10(15)12-7-8-6-9(14)2-4-11(8)18-12/h4-9,11,13-14H,10,12,15H2,1-3H3;2,4,6-7,14H,3,5H2,1H3. The second kappa shape index (κ2) is 15.6. The summed E-state index contributed by atoms with van der Waals surface area (Å²) in [6, 6.07) is 24.4. The summed E-state index contributed by atoms with van der Waals surface area (Å²) >= 11 is 2.80. The van der Waals surface area contributed by atoms with Crippen molar-refractivity contribution in [3.8, 4) is 11.5 Å². The van der Waals surface area contributed by atoms with Gasteiger partial charge in [-0.05, 0) is 85.6 Å². The lowest BCUT2D eigenvalue weighted by molar-refractivity contribution is -0.154. The predicted octanol–water partition coefficient (Wildman–Crippen LogP) is 8.53. The van der Waals surface area contributed by atoms with Crippen molar-refractivity contribution in [2.24, 2.45) is 0 Å². The van der Waals surface area contributed by atoms with Crippen molar-refractivity contribution in [3.05, 3.63) is 94.2 Å². The molecule has 0 fully saturated rings. The molecule has 8 nitrogen and oxygen atoms in total. The van der Waals surface area contributed by atoms with Crippen molar-refractivity contribution in [3.63, 3.8) is 0 Å². The summed E-state index contributed by atoms with van der Waals surface area (Å²) in [4.78, 5) is 48.3. The minimum absolute atomic E-state index is 0.0428. The van der Waals surface area contributed by atoms with E-state index in [1.807, 2.05) is 75.4 Å². The zero-order valence-electron chi connectivity index (χ0n) is 26.2. The normalized spacial score (nSPS) is 11.0. The van der Waals surface area contributed by atoms with Crippen LogP contribution >= 0.6 is 22.7 Å². The highest BCUT2D eigenvalue weighted by molar-refractivity contribution is 7.21. The van der Waals surface area contributed by atoms with Crippen LogP contribution in [-0.4, -0.2) is 41.3 Å². The third kappa shape index (κ3) is 10.3. The van der Waals surface area contributed by atoms with Crippen LogP contribution in [0.5, 0.6) is 11.5 Å². The van der Waals surface area contributed by atoms with Gasteiger partial charge in [0.05, 0.1) is 29.7 Å². The molecular weight excluding hydrogens is 625 g/mol. The smallest absolute Gasteiger partial charge is 0.306 e. The van der Waals surface area contributed by atoms with Crippen molar-refractivity contribution < 1.29 is 38.5 Å². The highest BCUT2D eigenvalue weighted by Crippen LogP contribution is 2.31. The molecule has 2 heterocycles. The molecule has 0 radical (unpaired) electrons. The van der Waals surface area contributed by atoms with Gasteiger partial charge in [-0.2, -0.15) is 0 Å². The van der Waals surface area contributed by atoms with Crippen LogP contribution in [0.15, 0.2) is 78.9 Å². The minimum atomic E-state index is -0.534. The van der Waals surface area contributed by atoms with Crippen LogP contribution < -0.4 is 4.74 Å². The molecule has 0 saturated heterocycles. The molecule has 2 aromatic heterocycles. The lowest BCUT2D eigenvalue weighted by atomic mass is 10.1. The van der Waals surface area contributed by atoms with Gasteiger partial charge in [0, 0.05) is 22.2 Å². The summed E-state index contributed by atoms with van der Waals surface area (Å²) in [7, 11) is 1.30. The van der Waals surface area contributed by atoms with E-state index < -0.39 is 5.60 Å². The fraction of sp³-hybridized carbons (Fsp3) is 0.278. The van der Waals surface area contributed by atoms with Crippen molar-refractivity contribution in [2.45, 2.75) is 58.7 Å². The first-order valence-electron chi connectivity index (χ1n) is 14.7. The Bertz CT molecular complexity index is 1830. The van der Waals surface area contributed by atoms with E-state index in [0.717, 1.165) is 31.5 Å². The van der Waals surface area contributed by atoms with Gasteiger partial charge in [0.25, 0.3) is 0 Å². The molecule has 0 aliphatic rings. The van der Waals surface area contributed by atoms with Crippen molar-refractivity contribution in [2.75, 3.05) is 7.11 Å². The SMILES string of the molecule is CC(C)(C)OC(=O)CCC(=O)c1cc2cc(OCc3ccccc3)ccc2s1.COC(=O)CCC(=O)c1cc2cc(O)ccc2s1. The number of rotatable bonds is 11. The Kier molecular flexibility index (Phi) is 11.7. The first-order chi connectivity index (χ1) is 21.9. The molecule has 10 heteroatoms. The van der Waals surface area contributed by atoms with Crippen molar-refractivity contribution >= 4 is 66.4 Å². The second-order valence-electron chi connectivity index (χ2n) is 11.4. The van der Waals surface area contributed by atoms with Crippen LogP contribution in [0, 0.1) is 0 Å². The highest BCUT2D eigenvalue weighted by Gasteiger charge is 2.19. The molecule has 3 aromatic carbocycles. The number of aromatic hydroxyl groups is 1. The van der Waals surface area contributed by atoms with Crippen molar-refractivity contribution in [1.82, 2.24) is 0 Å². The first kappa shape index (κ1) is 34.3. The van der Waals surface area contributed by atoms with Gasteiger partial charge < -0.3 is 19.3 Å². The Morgan fingerprint density at radius 1 is 0.696 bits per heavy atom. The molecular formula is C36H36O8S2. The second-order valence-corrected chi connectivity index (χ2v) is 13.6. The summed E-state index contributed by atoms with van der Waals surface area (Å²) in [5, 5.41) is 11.1. The number of benzene rings is 3. The van der Waals surface area contributed by atoms with E-state index in [1.54, 1.807) is 24.3 Å². The maximum atomic E-state index is 12.5. The maximum Gasteiger partial charge on any atom is 0.306 e. The zero-order chi connectivity index (χ0) is 33.3. The number of esters is 2. The lowest BCUT2D eigenvalue weighted by Gasteiger charge is -2.19. The molecule has 0 amide bonds. The number of ketones is 2. The number of carbonyl (C=O) groups excluding carboxylic acids is 4. The number of phenolic OH excluding ortho intramolecular Hbond substituents is 1. The predicted molar refractivity (Wildman–Crippen MR) is 181 cm³/mol. The Morgan fingerprint density at radius 2 is 1.26 bits per heavy atom. The number of phenols is 1.